The number of nitrogens with one attached hydrogen (secondary N) is 1. The highest BCUT2D eigenvalue weighted by Crippen LogP contribution is 2.14. The third-order valence-electron chi connectivity index (χ3n) is 3.18. The molecule has 0 unspecified atom stereocenters. The molecule has 0 aliphatic carbocycles. The fraction of sp³-hybridized carbons (Fsp3) is 0.667. The smallest absolute Gasteiger partial charge is 0.148 e. The van der Waals surface area contributed by atoms with Crippen LogP contribution in [-0.4, -0.2) is 47.3 Å². The molecular weight excluding hydrogens is 214 g/mol. The maximum Gasteiger partial charge on any atom is 0.148 e. The summed E-state index contributed by atoms with van der Waals surface area (Å²) >= 11 is 0. The summed E-state index contributed by atoms with van der Waals surface area (Å²) in [5, 5.41) is 11.6. The van der Waals surface area contributed by atoms with E-state index in [1.165, 1.54) is 0 Å². The van der Waals surface area contributed by atoms with Crippen LogP contribution in [0.4, 0.5) is 5.82 Å². The van der Waals surface area contributed by atoms with Crippen LogP contribution >= 0.6 is 0 Å². The molecule has 2 rings (SSSR count). The van der Waals surface area contributed by atoms with Gasteiger partial charge in [-0.1, -0.05) is 0 Å². The molecule has 0 radical (unpaired) electrons. The zero-order valence-electron chi connectivity index (χ0n) is 10.4. The zero-order valence-corrected chi connectivity index (χ0v) is 10.4. The molecule has 1 aliphatic heterocycles. The second kappa shape index (κ2) is 5.93. The van der Waals surface area contributed by atoms with Gasteiger partial charge in [0.25, 0.3) is 0 Å². The van der Waals surface area contributed by atoms with Crippen LogP contribution in [0.25, 0.3) is 0 Å². The lowest BCUT2D eigenvalue weighted by molar-refractivity contribution is 0.224. The summed E-state index contributed by atoms with van der Waals surface area (Å²) in [7, 11) is 0. The molecular formula is C12H21N5. The van der Waals surface area contributed by atoms with Gasteiger partial charge in [-0.2, -0.15) is 5.10 Å². The highest BCUT2D eigenvalue weighted by atomic mass is 15.2. The molecule has 1 aromatic rings. The van der Waals surface area contributed by atoms with Crippen LogP contribution in [0.5, 0.6) is 0 Å². The molecule has 0 spiro atoms. The van der Waals surface area contributed by atoms with Crippen LogP contribution in [0.1, 0.15) is 18.5 Å². The van der Waals surface area contributed by atoms with E-state index in [4.69, 9.17) is 5.73 Å². The first-order valence-corrected chi connectivity index (χ1v) is 6.27. The lowest BCUT2D eigenvalue weighted by atomic mass is 10.1. The first-order valence-electron chi connectivity index (χ1n) is 6.27. The summed E-state index contributed by atoms with van der Waals surface area (Å²) in [5.74, 6) is 0.882. The first kappa shape index (κ1) is 12.3. The Kier molecular flexibility index (Phi) is 4.28. The van der Waals surface area contributed by atoms with E-state index in [0.29, 0.717) is 6.04 Å². The van der Waals surface area contributed by atoms with Gasteiger partial charge < -0.3 is 16.0 Å². The number of nitrogens with zero attached hydrogens (tertiary/aromatic N) is 3. The predicted molar refractivity (Wildman–Crippen MR) is 68.9 cm³/mol. The van der Waals surface area contributed by atoms with Crippen LogP contribution in [0, 0.1) is 6.92 Å². The van der Waals surface area contributed by atoms with Crippen molar-refractivity contribution in [2.45, 2.75) is 25.8 Å². The van der Waals surface area contributed by atoms with Crippen molar-refractivity contribution in [1.82, 2.24) is 15.1 Å². The largest absolute Gasteiger partial charge is 0.366 e. The number of nitrogens with two attached hydrogens (primary N) is 1. The Morgan fingerprint density at radius 2 is 2.12 bits per heavy atom. The summed E-state index contributed by atoms with van der Waals surface area (Å²) in [4.78, 5) is 2.42. The second-order valence-corrected chi connectivity index (χ2v) is 4.61. The van der Waals surface area contributed by atoms with Gasteiger partial charge in [-0.3, -0.25) is 0 Å². The van der Waals surface area contributed by atoms with Gasteiger partial charge >= 0.3 is 0 Å². The molecule has 0 bridgehead atoms. The predicted octanol–water partition coefficient (Wildman–Crippen LogP) is 0.620. The summed E-state index contributed by atoms with van der Waals surface area (Å²) in [6.45, 7) is 5.95. The Bertz CT molecular complexity index is 329. The number of rotatable bonds is 4. The van der Waals surface area contributed by atoms with Crippen LogP contribution in [0.15, 0.2) is 12.1 Å². The number of hydrogen-bond acceptors (Lipinski definition) is 5. The van der Waals surface area contributed by atoms with Gasteiger partial charge in [0, 0.05) is 32.2 Å². The minimum Gasteiger partial charge on any atom is -0.366 e. The van der Waals surface area contributed by atoms with E-state index in [9.17, 15) is 0 Å². The van der Waals surface area contributed by atoms with Crippen molar-refractivity contribution in [3.05, 3.63) is 17.8 Å². The molecule has 0 aromatic carbocycles. The van der Waals surface area contributed by atoms with Crippen LogP contribution in [0.3, 0.4) is 0 Å². The number of aryl methyl sites for hydroxylation is 1. The molecule has 0 atom stereocenters. The third kappa shape index (κ3) is 3.64. The molecule has 5 heteroatoms. The zero-order chi connectivity index (χ0) is 12.1. The highest BCUT2D eigenvalue weighted by molar-refractivity contribution is 5.34. The lowest BCUT2D eigenvalue weighted by Gasteiger charge is -2.32. The van der Waals surface area contributed by atoms with Gasteiger partial charge in [-0.05, 0) is 31.9 Å². The fourth-order valence-corrected chi connectivity index (χ4v) is 2.17. The summed E-state index contributed by atoms with van der Waals surface area (Å²) < 4.78 is 0. The van der Waals surface area contributed by atoms with Crippen LogP contribution in [-0.2, 0) is 0 Å². The Labute approximate surface area is 102 Å². The third-order valence-corrected chi connectivity index (χ3v) is 3.18. The van der Waals surface area contributed by atoms with E-state index in [-0.39, 0.29) is 0 Å². The summed E-state index contributed by atoms with van der Waals surface area (Å²) in [6.07, 6.45) is 2.30. The maximum absolute atomic E-state index is 5.56. The maximum atomic E-state index is 5.56. The quantitative estimate of drug-likeness (QED) is 0.801. The van der Waals surface area contributed by atoms with Crippen LogP contribution in [0.2, 0.25) is 0 Å². The molecule has 5 nitrogen and oxygen atoms in total. The first-order chi connectivity index (χ1) is 8.28. The monoisotopic (exact) mass is 235 g/mol. The van der Waals surface area contributed by atoms with Gasteiger partial charge in [-0.15, -0.1) is 5.10 Å². The van der Waals surface area contributed by atoms with Gasteiger partial charge in [0.2, 0.25) is 0 Å². The molecule has 1 fully saturated rings. The molecule has 1 aromatic heterocycles. The Morgan fingerprint density at radius 1 is 1.35 bits per heavy atom. The molecule has 1 aliphatic rings. The van der Waals surface area contributed by atoms with Crippen molar-refractivity contribution < 1.29 is 0 Å². The summed E-state index contributed by atoms with van der Waals surface area (Å²) in [5.41, 5.74) is 6.51. The SMILES string of the molecule is Cc1ccc(NC2CCN(CCN)CC2)nn1. The van der Waals surface area contributed by atoms with E-state index in [2.05, 4.69) is 20.4 Å². The van der Waals surface area contributed by atoms with Crippen molar-refractivity contribution in [2.75, 3.05) is 31.5 Å². The number of hydrogen-bond donors (Lipinski definition) is 2. The van der Waals surface area contributed by atoms with E-state index < -0.39 is 0 Å². The average Bonchev–Trinajstić information content (AvgIpc) is 2.35. The van der Waals surface area contributed by atoms with Gasteiger partial charge in [0.1, 0.15) is 5.82 Å². The second-order valence-electron chi connectivity index (χ2n) is 4.61. The van der Waals surface area contributed by atoms with Gasteiger partial charge in [0.15, 0.2) is 0 Å². The molecule has 2 heterocycles. The molecule has 17 heavy (non-hydrogen) atoms. The molecule has 0 saturated carbocycles. The van der Waals surface area contributed by atoms with Crippen LogP contribution < -0.4 is 11.1 Å². The Morgan fingerprint density at radius 3 is 2.71 bits per heavy atom. The molecule has 0 amide bonds. The van der Waals surface area contributed by atoms with Crippen molar-refractivity contribution in [3.8, 4) is 0 Å². The molecule has 3 N–H and O–H groups in total. The van der Waals surface area contributed by atoms with Crippen molar-refractivity contribution in [2.24, 2.45) is 5.73 Å². The van der Waals surface area contributed by atoms with E-state index in [1.54, 1.807) is 0 Å². The number of piperidine rings is 1. The Balaban J connectivity index is 1.79. The normalized spacial score (nSPS) is 18.2. The minimum absolute atomic E-state index is 0.515. The minimum atomic E-state index is 0.515. The van der Waals surface area contributed by atoms with Crippen molar-refractivity contribution >= 4 is 5.82 Å². The van der Waals surface area contributed by atoms with E-state index in [1.807, 2.05) is 19.1 Å². The van der Waals surface area contributed by atoms with E-state index in [0.717, 1.165) is 50.5 Å². The fourth-order valence-electron chi connectivity index (χ4n) is 2.17. The van der Waals surface area contributed by atoms with E-state index >= 15 is 0 Å². The van der Waals surface area contributed by atoms with Gasteiger partial charge in [-0.25, -0.2) is 0 Å². The molecule has 94 valence electrons. The summed E-state index contributed by atoms with van der Waals surface area (Å²) in [6, 6.07) is 4.49. The topological polar surface area (TPSA) is 67.1 Å². The number of anilines is 1. The van der Waals surface area contributed by atoms with Crippen molar-refractivity contribution in [3.63, 3.8) is 0 Å². The standard InChI is InChI=1S/C12H21N5/c1-10-2-3-12(16-15-10)14-11-4-7-17(8-5-11)9-6-13/h2-3,11H,4-9,13H2,1H3,(H,14,16). The highest BCUT2D eigenvalue weighted by Gasteiger charge is 2.18. The van der Waals surface area contributed by atoms with Crippen molar-refractivity contribution in [1.29, 1.82) is 0 Å². The average molecular weight is 235 g/mol. The number of aromatic nitrogens is 2. The molecule has 1 saturated heterocycles. The number of likely N-dealkylation sites (tertiary alicyclic amines) is 1. The lowest BCUT2D eigenvalue weighted by Crippen LogP contribution is -2.41. The Hall–Kier alpha value is -1.20. The van der Waals surface area contributed by atoms with Gasteiger partial charge in [0.05, 0.1) is 5.69 Å².